The molecule has 2 rings (SSSR count). The van der Waals surface area contributed by atoms with Crippen LogP contribution in [0.15, 0.2) is 12.1 Å². The van der Waals surface area contributed by atoms with E-state index in [1.165, 1.54) is 31.2 Å². The lowest BCUT2D eigenvalue weighted by Gasteiger charge is -2.30. The van der Waals surface area contributed by atoms with Gasteiger partial charge in [0.15, 0.2) is 0 Å². The van der Waals surface area contributed by atoms with Gasteiger partial charge in [-0.05, 0) is 61.8 Å². The number of aliphatic hydroxyl groups is 1. The molecule has 2 atom stereocenters. The summed E-state index contributed by atoms with van der Waals surface area (Å²) >= 11 is 0. The number of aryl methyl sites for hydroxylation is 2. The van der Waals surface area contributed by atoms with Gasteiger partial charge in [0.25, 0.3) is 0 Å². The highest BCUT2D eigenvalue weighted by atomic mass is 16.3. The number of aromatic hydroxyl groups is 1. The van der Waals surface area contributed by atoms with Gasteiger partial charge in [0.2, 0.25) is 0 Å². The number of benzene rings is 1. The van der Waals surface area contributed by atoms with Gasteiger partial charge < -0.3 is 15.5 Å². The van der Waals surface area contributed by atoms with E-state index < -0.39 is 0 Å². The third kappa shape index (κ3) is 3.74. The fraction of sp³-hybridized carbons (Fsp3) is 0.647. The molecule has 2 unspecified atom stereocenters. The summed E-state index contributed by atoms with van der Waals surface area (Å²) in [4.78, 5) is 0. The van der Waals surface area contributed by atoms with E-state index >= 15 is 0 Å². The van der Waals surface area contributed by atoms with Crippen molar-refractivity contribution in [1.82, 2.24) is 5.32 Å². The first-order chi connectivity index (χ1) is 9.61. The van der Waals surface area contributed by atoms with Crippen LogP contribution in [0.25, 0.3) is 0 Å². The standard InChI is InChI=1S/C17H27NO2/c1-12-7-14(8-13(2)17(12)20)9-18-10-15-5-3-4-6-16(15)11-19/h7-8,15-16,18-20H,3-6,9-11H2,1-2H3. The molecule has 3 heteroatoms. The van der Waals surface area contributed by atoms with Gasteiger partial charge in [0, 0.05) is 13.2 Å². The molecule has 0 amide bonds. The van der Waals surface area contributed by atoms with Gasteiger partial charge in [0.1, 0.15) is 5.75 Å². The van der Waals surface area contributed by atoms with E-state index in [0.29, 0.717) is 24.2 Å². The van der Waals surface area contributed by atoms with Crippen molar-refractivity contribution in [2.45, 2.75) is 46.1 Å². The summed E-state index contributed by atoms with van der Waals surface area (Å²) in [7, 11) is 0. The molecule has 0 heterocycles. The minimum atomic E-state index is 0.323. The number of aliphatic hydroxyl groups excluding tert-OH is 1. The minimum absolute atomic E-state index is 0.323. The Bertz CT molecular complexity index is 422. The monoisotopic (exact) mass is 277 g/mol. The number of phenolic OH excluding ortho intramolecular Hbond substituents is 1. The predicted octanol–water partition coefficient (Wildman–Crippen LogP) is 2.90. The summed E-state index contributed by atoms with van der Waals surface area (Å²) < 4.78 is 0. The first kappa shape index (κ1) is 15.3. The van der Waals surface area contributed by atoms with E-state index in [9.17, 15) is 10.2 Å². The van der Waals surface area contributed by atoms with Crippen LogP contribution >= 0.6 is 0 Å². The van der Waals surface area contributed by atoms with Crippen LogP contribution in [0.3, 0.4) is 0 Å². The summed E-state index contributed by atoms with van der Waals surface area (Å²) in [6, 6.07) is 4.08. The van der Waals surface area contributed by atoms with Gasteiger partial charge >= 0.3 is 0 Å². The van der Waals surface area contributed by atoms with Crippen molar-refractivity contribution in [3.63, 3.8) is 0 Å². The largest absolute Gasteiger partial charge is 0.507 e. The summed E-state index contributed by atoms with van der Waals surface area (Å²) in [5.74, 6) is 1.48. The van der Waals surface area contributed by atoms with Crippen molar-refractivity contribution in [3.8, 4) is 5.75 Å². The topological polar surface area (TPSA) is 52.5 Å². The molecule has 0 radical (unpaired) electrons. The Labute approximate surface area is 122 Å². The quantitative estimate of drug-likeness (QED) is 0.775. The van der Waals surface area contributed by atoms with E-state index in [-0.39, 0.29) is 0 Å². The van der Waals surface area contributed by atoms with Crippen molar-refractivity contribution in [1.29, 1.82) is 0 Å². The molecular formula is C17H27NO2. The Hall–Kier alpha value is -1.06. The zero-order chi connectivity index (χ0) is 14.5. The third-order valence-corrected chi connectivity index (χ3v) is 4.59. The molecule has 1 aromatic carbocycles. The number of nitrogens with one attached hydrogen (secondary N) is 1. The smallest absolute Gasteiger partial charge is 0.121 e. The van der Waals surface area contributed by atoms with Crippen LogP contribution in [0.5, 0.6) is 5.75 Å². The second kappa shape index (κ2) is 7.09. The maximum Gasteiger partial charge on any atom is 0.121 e. The van der Waals surface area contributed by atoms with E-state index in [1.807, 2.05) is 26.0 Å². The average Bonchev–Trinajstić information content (AvgIpc) is 2.45. The highest BCUT2D eigenvalue weighted by Crippen LogP contribution is 2.29. The molecule has 3 N–H and O–H groups in total. The van der Waals surface area contributed by atoms with Crippen molar-refractivity contribution >= 4 is 0 Å². The predicted molar refractivity (Wildman–Crippen MR) is 81.8 cm³/mol. The molecular weight excluding hydrogens is 250 g/mol. The van der Waals surface area contributed by atoms with Gasteiger partial charge in [-0.2, -0.15) is 0 Å². The third-order valence-electron chi connectivity index (χ3n) is 4.59. The normalized spacial score (nSPS) is 22.9. The van der Waals surface area contributed by atoms with E-state index in [4.69, 9.17) is 0 Å². The fourth-order valence-electron chi connectivity index (χ4n) is 3.34. The molecule has 3 nitrogen and oxygen atoms in total. The Morgan fingerprint density at radius 3 is 2.30 bits per heavy atom. The maximum absolute atomic E-state index is 9.78. The Kier molecular flexibility index (Phi) is 5.44. The second-order valence-electron chi connectivity index (χ2n) is 6.20. The van der Waals surface area contributed by atoms with Crippen molar-refractivity contribution in [2.75, 3.05) is 13.2 Å². The molecule has 1 aliphatic rings. The van der Waals surface area contributed by atoms with Crippen molar-refractivity contribution in [3.05, 3.63) is 28.8 Å². The molecule has 112 valence electrons. The molecule has 20 heavy (non-hydrogen) atoms. The summed E-state index contributed by atoms with van der Waals surface area (Å²) in [5.41, 5.74) is 3.09. The van der Waals surface area contributed by atoms with Gasteiger partial charge in [-0.25, -0.2) is 0 Å². The summed E-state index contributed by atoms with van der Waals surface area (Å²) in [6.07, 6.45) is 4.95. The SMILES string of the molecule is Cc1cc(CNCC2CCCCC2CO)cc(C)c1O. The van der Waals surface area contributed by atoms with E-state index in [2.05, 4.69) is 5.32 Å². The number of hydrogen-bond acceptors (Lipinski definition) is 3. The Morgan fingerprint density at radius 1 is 1.10 bits per heavy atom. The number of hydrogen-bond donors (Lipinski definition) is 3. The first-order valence-electron chi connectivity index (χ1n) is 7.72. The molecule has 0 bridgehead atoms. The van der Waals surface area contributed by atoms with Crippen LogP contribution in [0, 0.1) is 25.7 Å². The van der Waals surface area contributed by atoms with Gasteiger partial charge in [0.05, 0.1) is 0 Å². The zero-order valence-electron chi connectivity index (χ0n) is 12.7. The first-order valence-corrected chi connectivity index (χ1v) is 7.72. The lowest BCUT2D eigenvalue weighted by molar-refractivity contribution is 0.133. The van der Waals surface area contributed by atoms with Gasteiger partial charge in [-0.3, -0.25) is 0 Å². The summed E-state index contributed by atoms with van der Waals surface area (Å²) in [6.45, 7) is 6.01. The van der Waals surface area contributed by atoms with Gasteiger partial charge in [-0.15, -0.1) is 0 Å². The zero-order valence-corrected chi connectivity index (χ0v) is 12.7. The van der Waals surface area contributed by atoms with Crippen molar-refractivity contribution < 1.29 is 10.2 Å². The highest BCUT2D eigenvalue weighted by molar-refractivity contribution is 5.42. The van der Waals surface area contributed by atoms with Crippen LogP contribution in [0.2, 0.25) is 0 Å². The Balaban J connectivity index is 1.86. The molecule has 1 aliphatic carbocycles. The van der Waals surface area contributed by atoms with Crippen LogP contribution in [0.1, 0.15) is 42.4 Å². The second-order valence-corrected chi connectivity index (χ2v) is 6.20. The summed E-state index contributed by atoms with van der Waals surface area (Å²) in [5, 5.41) is 22.7. The lowest BCUT2D eigenvalue weighted by Crippen LogP contribution is -2.32. The van der Waals surface area contributed by atoms with Crippen LogP contribution in [-0.2, 0) is 6.54 Å². The lowest BCUT2D eigenvalue weighted by atomic mass is 9.79. The Morgan fingerprint density at radius 2 is 1.70 bits per heavy atom. The van der Waals surface area contributed by atoms with Gasteiger partial charge in [-0.1, -0.05) is 25.0 Å². The molecule has 1 aromatic rings. The maximum atomic E-state index is 9.78. The van der Waals surface area contributed by atoms with Crippen LogP contribution < -0.4 is 5.32 Å². The van der Waals surface area contributed by atoms with Crippen LogP contribution in [-0.4, -0.2) is 23.4 Å². The molecule has 1 fully saturated rings. The number of rotatable bonds is 5. The van der Waals surface area contributed by atoms with Crippen LogP contribution in [0.4, 0.5) is 0 Å². The molecule has 0 aromatic heterocycles. The molecule has 0 spiro atoms. The molecule has 1 saturated carbocycles. The molecule has 0 aliphatic heterocycles. The minimum Gasteiger partial charge on any atom is -0.507 e. The highest BCUT2D eigenvalue weighted by Gasteiger charge is 2.23. The van der Waals surface area contributed by atoms with E-state index in [1.54, 1.807) is 0 Å². The number of phenols is 1. The average molecular weight is 277 g/mol. The van der Waals surface area contributed by atoms with Crippen molar-refractivity contribution in [2.24, 2.45) is 11.8 Å². The van der Waals surface area contributed by atoms with E-state index in [0.717, 1.165) is 24.2 Å². The molecule has 0 saturated heterocycles. The fourth-order valence-corrected chi connectivity index (χ4v) is 3.34.